The molecule has 31 heavy (non-hydrogen) atoms. The van der Waals surface area contributed by atoms with Gasteiger partial charge in [0.25, 0.3) is 11.8 Å². The van der Waals surface area contributed by atoms with Crippen molar-refractivity contribution in [3.63, 3.8) is 0 Å². The number of methoxy groups -OCH3 is 1. The van der Waals surface area contributed by atoms with Crippen molar-refractivity contribution in [1.82, 2.24) is 20.0 Å². The van der Waals surface area contributed by atoms with Crippen LogP contribution in [-0.4, -0.2) is 46.2 Å². The van der Waals surface area contributed by atoms with Crippen LogP contribution in [0.15, 0.2) is 16.5 Å². The van der Waals surface area contributed by atoms with Crippen molar-refractivity contribution in [3.8, 4) is 0 Å². The number of nitrogens with one attached hydrogen (secondary N) is 1. The molecule has 0 bridgehead atoms. The first-order valence-electron chi connectivity index (χ1n) is 11.2. The van der Waals surface area contributed by atoms with Crippen molar-refractivity contribution in [2.75, 3.05) is 13.7 Å². The Kier molecular flexibility index (Phi) is 6.46. The van der Waals surface area contributed by atoms with Crippen LogP contribution in [0, 0.1) is 5.92 Å². The fourth-order valence-corrected chi connectivity index (χ4v) is 4.54. The molecule has 0 atom stereocenters. The van der Waals surface area contributed by atoms with E-state index in [1.807, 2.05) is 4.68 Å². The molecular weight excluding hydrogens is 396 g/mol. The van der Waals surface area contributed by atoms with Crippen LogP contribution in [0.5, 0.6) is 0 Å². The van der Waals surface area contributed by atoms with Gasteiger partial charge in [-0.2, -0.15) is 5.10 Å². The topological polar surface area (TPSA) is 89.6 Å². The zero-order chi connectivity index (χ0) is 22.0. The maximum Gasteiger partial charge on any atom is 0.289 e. The number of furan rings is 1. The summed E-state index contributed by atoms with van der Waals surface area (Å²) < 4.78 is 12.7. The fraction of sp³-hybridized carbons (Fsp3) is 0.609. The van der Waals surface area contributed by atoms with Gasteiger partial charge in [0.05, 0.1) is 6.54 Å². The Morgan fingerprint density at radius 3 is 2.77 bits per heavy atom. The van der Waals surface area contributed by atoms with Crippen molar-refractivity contribution >= 4 is 11.8 Å². The zero-order valence-electron chi connectivity index (χ0n) is 18.6. The number of ether oxygens (including phenoxy) is 1. The lowest BCUT2D eigenvalue weighted by Gasteiger charge is -2.27. The van der Waals surface area contributed by atoms with Crippen LogP contribution in [0.1, 0.15) is 77.6 Å². The van der Waals surface area contributed by atoms with E-state index in [-0.39, 0.29) is 17.9 Å². The highest BCUT2D eigenvalue weighted by Gasteiger charge is 2.32. The van der Waals surface area contributed by atoms with Crippen molar-refractivity contribution < 1.29 is 18.7 Å². The molecule has 2 aromatic heterocycles. The number of amides is 2. The van der Waals surface area contributed by atoms with Gasteiger partial charge < -0.3 is 19.4 Å². The molecule has 8 nitrogen and oxygen atoms in total. The molecule has 8 heteroatoms. The second-order valence-electron chi connectivity index (χ2n) is 8.98. The lowest BCUT2D eigenvalue weighted by Crippen LogP contribution is -2.38. The number of carbonyl (C=O) groups excluding carboxylic acids is 2. The Morgan fingerprint density at radius 2 is 2.06 bits per heavy atom. The third-order valence-corrected chi connectivity index (χ3v) is 6.02. The molecule has 3 heterocycles. The van der Waals surface area contributed by atoms with Gasteiger partial charge in [-0.25, -0.2) is 0 Å². The second kappa shape index (κ2) is 9.26. The Labute approximate surface area is 182 Å². The van der Waals surface area contributed by atoms with Crippen molar-refractivity contribution in [3.05, 3.63) is 40.6 Å². The molecule has 0 spiro atoms. The first kappa shape index (κ1) is 21.6. The Morgan fingerprint density at radius 1 is 1.29 bits per heavy atom. The van der Waals surface area contributed by atoms with E-state index in [1.165, 1.54) is 0 Å². The van der Waals surface area contributed by atoms with Crippen LogP contribution in [0.3, 0.4) is 0 Å². The predicted octanol–water partition coefficient (Wildman–Crippen LogP) is 3.15. The van der Waals surface area contributed by atoms with Crippen molar-refractivity contribution in [1.29, 1.82) is 0 Å². The molecule has 168 valence electrons. The molecular formula is C23H32N4O4. The molecule has 2 aromatic rings. The molecule has 0 radical (unpaired) electrons. The van der Waals surface area contributed by atoms with Gasteiger partial charge in [-0.15, -0.1) is 0 Å². The van der Waals surface area contributed by atoms with Crippen LogP contribution >= 0.6 is 0 Å². The molecule has 1 N–H and O–H groups in total. The summed E-state index contributed by atoms with van der Waals surface area (Å²) in [5.74, 6) is 1.02. The second-order valence-corrected chi connectivity index (χ2v) is 8.98. The average molecular weight is 429 g/mol. The average Bonchev–Trinajstić information content (AvgIpc) is 3.48. The largest absolute Gasteiger partial charge is 0.453 e. The number of rotatable bonds is 7. The lowest BCUT2D eigenvalue weighted by atomic mass is 10.0. The van der Waals surface area contributed by atoms with Gasteiger partial charge in [-0.1, -0.05) is 26.7 Å². The molecule has 0 unspecified atom stereocenters. The lowest BCUT2D eigenvalue weighted by molar-refractivity contribution is 0.0690. The quantitative estimate of drug-likeness (QED) is 0.732. The summed E-state index contributed by atoms with van der Waals surface area (Å²) in [5, 5.41) is 7.85. The van der Waals surface area contributed by atoms with Gasteiger partial charge in [-0.05, 0) is 30.9 Å². The number of hydrogen-bond donors (Lipinski definition) is 1. The van der Waals surface area contributed by atoms with Crippen molar-refractivity contribution in [2.24, 2.45) is 5.92 Å². The number of carbonyl (C=O) groups is 2. The molecule has 2 aliphatic rings. The summed E-state index contributed by atoms with van der Waals surface area (Å²) in [6, 6.07) is 3.66. The highest BCUT2D eigenvalue weighted by atomic mass is 16.5. The zero-order valence-corrected chi connectivity index (χ0v) is 18.6. The number of nitrogens with zero attached hydrogens (tertiary/aromatic N) is 3. The van der Waals surface area contributed by atoms with Crippen LogP contribution in [-0.2, 0) is 30.9 Å². The summed E-state index contributed by atoms with van der Waals surface area (Å²) >= 11 is 0. The molecule has 0 saturated heterocycles. The predicted molar refractivity (Wildman–Crippen MR) is 115 cm³/mol. The minimum atomic E-state index is -0.174. The van der Waals surface area contributed by atoms with Gasteiger partial charge >= 0.3 is 0 Å². The molecule has 4 rings (SSSR count). The summed E-state index contributed by atoms with van der Waals surface area (Å²) in [7, 11) is 1.59. The van der Waals surface area contributed by atoms with E-state index in [1.54, 1.807) is 24.1 Å². The first-order valence-corrected chi connectivity index (χ1v) is 11.2. The maximum atomic E-state index is 13.1. The van der Waals surface area contributed by atoms with Gasteiger partial charge in [0, 0.05) is 43.9 Å². The third kappa shape index (κ3) is 4.69. The van der Waals surface area contributed by atoms with Crippen LogP contribution in [0.2, 0.25) is 0 Å². The Bertz CT molecular complexity index is 940. The first-order chi connectivity index (χ1) is 15.0. The fourth-order valence-electron chi connectivity index (χ4n) is 4.54. The van der Waals surface area contributed by atoms with E-state index in [4.69, 9.17) is 14.3 Å². The molecule has 0 aromatic carbocycles. The smallest absolute Gasteiger partial charge is 0.289 e. The van der Waals surface area contributed by atoms with E-state index in [2.05, 4.69) is 19.2 Å². The van der Waals surface area contributed by atoms with E-state index in [0.29, 0.717) is 49.2 Å². The molecule has 1 aliphatic carbocycles. The number of aromatic nitrogens is 2. The normalized spacial score (nSPS) is 16.7. The van der Waals surface area contributed by atoms with Gasteiger partial charge in [0.1, 0.15) is 12.4 Å². The standard InChI is InChI=1S/C23H32N4O4/c1-15(2)12-27-19-10-11-26(23(29)20-9-8-17(31-20)14-30-3)13-18(19)21(25-27)22(28)24-16-6-4-5-7-16/h8-9,15-16H,4-7,10-14H2,1-3H3,(H,24,28). The maximum absolute atomic E-state index is 13.1. The summed E-state index contributed by atoms with van der Waals surface area (Å²) in [4.78, 5) is 27.8. The number of hydrogen-bond acceptors (Lipinski definition) is 5. The van der Waals surface area contributed by atoms with Gasteiger partial charge in [0.2, 0.25) is 0 Å². The monoisotopic (exact) mass is 428 g/mol. The minimum absolute atomic E-state index is 0.125. The SMILES string of the molecule is COCc1ccc(C(=O)N2CCc3c(c(C(=O)NC4CCCC4)nn3CC(C)C)C2)o1. The van der Waals surface area contributed by atoms with Crippen molar-refractivity contribution in [2.45, 2.75) is 71.7 Å². The molecule has 1 saturated carbocycles. The third-order valence-electron chi connectivity index (χ3n) is 6.02. The summed E-state index contributed by atoms with van der Waals surface area (Å²) in [6.07, 6.45) is 5.02. The molecule has 1 fully saturated rings. The van der Waals surface area contributed by atoms with E-state index in [0.717, 1.165) is 43.5 Å². The van der Waals surface area contributed by atoms with E-state index < -0.39 is 0 Å². The van der Waals surface area contributed by atoms with Crippen LogP contribution in [0.4, 0.5) is 0 Å². The highest BCUT2D eigenvalue weighted by molar-refractivity contribution is 5.95. The minimum Gasteiger partial charge on any atom is -0.453 e. The van der Waals surface area contributed by atoms with E-state index >= 15 is 0 Å². The van der Waals surface area contributed by atoms with Crippen LogP contribution in [0.25, 0.3) is 0 Å². The summed E-state index contributed by atoms with van der Waals surface area (Å²) in [6.45, 7) is 6.29. The Hall–Kier alpha value is -2.61. The number of fused-ring (bicyclic) bond motifs is 1. The summed E-state index contributed by atoms with van der Waals surface area (Å²) in [5.41, 5.74) is 2.38. The molecule has 2 amide bonds. The molecule has 1 aliphatic heterocycles. The van der Waals surface area contributed by atoms with Gasteiger partial charge in [0.15, 0.2) is 11.5 Å². The van der Waals surface area contributed by atoms with E-state index in [9.17, 15) is 9.59 Å². The Balaban J connectivity index is 1.57. The van der Waals surface area contributed by atoms with Crippen LogP contribution < -0.4 is 5.32 Å². The highest BCUT2D eigenvalue weighted by Crippen LogP contribution is 2.26. The van der Waals surface area contributed by atoms with Gasteiger partial charge in [-0.3, -0.25) is 14.3 Å².